The van der Waals surface area contributed by atoms with Crippen LogP contribution in [0.15, 0.2) is 70.3 Å². The van der Waals surface area contributed by atoms with E-state index in [-0.39, 0.29) is 11.2 Å². The van der Waals surface area contributed by atoms with E-state index in [0.717, 1.165) is 20.9 Å². The Hall–Kier alpha value is -3.40. The van der Waals surface area contributed by atoms with Gasteiger partial charge in [0.25, 0.3) is 5.56 Å². The van der Waals surface area contributed by atoms with Crippen molar-refractivity contribution in [2.75, 3.05) is 0 Å². The van der Waals surface area contributed by atoms with Gasteiger partial charge in [0.2, 0.25) is 0 Å². The van der Waals surface area contributed by atoms with E-state index in [4.69, 9.17) is 0 Å². The van der Waals surface area contributed by atoms with E-state index in [0.29, 0.717) is 5.69 Å². The molecule has 1 aromatic heterocycles. The van der Waals surface area contributed by atoms with Gasteiger partial charge in [-0.1, -0.05) is 54.6 Å². The summed E-state index contributed by atoms with van der Waals surface area (Å²) < 4.78 is 2.66. The van der Waals surface area contributed by atoms with Crippen molar-refractivity contribution in [1.29, 1.82) is 0 Å². The lowest BCUT2D eigenvalue weighted by atomic mass is 9.91. The molecule has 0 radical (unpaired) electrons. The molecule has 0 aliphatic heterocycles. The van der Waals surface area contributed by atoms with E-state index < -0.39 is 0 Å². The Kier molecular flexibility index (Phi) is 2.89. The van der Waals surface area contributed by atoms with E-state index >= 15 is 0 Å². The van der Waals surface area contributed by atoms with Crippen LogP contribution in [-0.4, -0.2) is 9.13 Å². The van der Waals surface area contributed by atoms with Crippen LogP contribution in [-0.2, 0) is 14.1 Å². The van der Waals surface area contributed by atoms with Crippen LogP contribution in [0.2, 0.25) is 0 Å². The van der Waals surface area contributed by atoms with Crippen molar-refractivity contribution in [2.45, 2.75) is 0 Å². The molecule has 0 unspecified atom stereocenters. The first-order valence-electron chi connectivity index (χ1n) is 8.50. The van der Waals surface area contributed by atoms with Gasteiger partial charge in [-0.05, 0) is 32.3 Å². The second kappa shape index (κ2) is 5.05. The van der Waals surface area contributed by atoms with Gasteiger partial charge in [-0.2, -0.15) is 0 Å². The van der Waals surface area contributed by atoms with E-state index in [9.17, 15) is 9.59 Å². The zero-order valence-electron chi connectivity index (χ0n) is 14.5. The number of hydrogen-bond acceptors (Lipinski definition) is 2. The van der Waals surface area contributed by atoms with Gasteiger partial charge in [-0.25, -0.2) is 4.79 Å². The van der Waals surface area contributed by atoms with Gasteiger partial charge in [0, 0.05) is 25.7 Å². The maximum atomic E-state index is 12.4. The van der Waals surface area contributed by atoms with Crippen LogP contribution in [0.3, 0.4) is 0 Å². The van der Waals surface area contributed by atoms with Gasteiger partial charge in [0.15, 0.2) is 0 Å². The first kappa shape index (κ1) is 14.9. The van der Waals surface area contributed by atoms with Crippen LogP contribution in [0.1, 0.15) is 0 Å². The molecular formula is C22H16N2O2. The molecule has 0 aliphatic rings. The molecule has 0 aliphatic carbocycles. The molecule has 1 heterocycles. The highest BCUT2D eigenvalue weighted by Gasteiger charge is 2.14. The van der Waals surface area contributed by atoms with Gasteiger partial charge in [0.05, 0.1) is 5.69 Å². The van der Waals surface area contributed by atoms with Gasteiger partial charge >= 0.3 is 5.69 Å². The molecule has 5 aromatic rings. The molecule has 26 heavy (non-hydrogen) atoms. The van der Waals surface area contributed by atoms with Crippen LogP contribution >= 0.6 is 0 Å². The quantitative estimate of drug-likeness (QED) is 0.437. The highest BCUT2D eigenvalue weighted by molar-refractivity contribution is 6.25. The zero-order chi connectivity index (χ0) is 18.0. The van der Waals surface area contributed by atoms with E-state index in [1.54, 1.807) is 7.05 Å². The first-order chi connectivity index (χ1) is 12.6. The van der Waals surface area contributed by atoms with Crippen molar-refractivity contribution in [1.82, 2.24) is 9.13 Å². The minimum absolute atomic E-state index is 0.297. The van der Waals surface area contributed by atoms with Gasteiger partial charge in [-0.3, -0.25) is 13.9 Å². The van der Waals surface area contributed by atoms with Crippen LogP contribution in [0.5, 0.6) is 0 Å². The molecule has 0 amide bonds. The van der Waals surface area contributed by atoms with Gasteiger partial charge < -0.3 is 0 Å². The summed E-state index contributed by atoms with van der Waals surface area (Å²) in [6.07, 6.45) is 0. The Labute approximate surface area is 148 Å². The highest BCUT2D eigenvalue weighted by Crippen LogP contribution is 2.38. The van der Waals surface area contributed by atoms with Crippen molar-refractivity contribution < 1.29 is 0 Å². The predicted molar refractivity (Wildman–Crippen MR) is 106 cm³/mol. The molecule has 0 spiro atoms. The molecule has 0 N–H and O–H groups in total. The molecular weight excluding hydrogens is 324 g/mol. The fraction of sp³-hybridized carbons (Fsp3) is 0.0909. The molecule has 0 saturated heterocycles. The third-order valence-electron chi connectivity index (χ3n) is 5.33. The smallest absolute Gasteiger partial charge is 0.296 e. The standard InChI is InChI=1S/C22H16N2O2/c1-23-18(12-19(25)24(2)22(23)26)16-10-8-15-7-6-13-4-3-5-14-9-11-17(16)21(15)20(13)14/h3-12H,1-2H3. The van der Waals surface area contributed by atoms with Crippen molar-refractivity contribution in [3.63, 3.8) is 0 Å². The van der Waals surface area contributed by atoms with Crippen molar-refractivity contribution in [3.05, 3.63) is 81.5 Å². The predicted octanol–water partition coefficient (Wildman–Crippen LogP) is 3.65. The first-order valence-corrected chi connectivity index (χ1v) is 8.50. The maximum Gasteiger partial charge on any atom is 0.330 e. The number of rotatable bonds is 1. The fourth-order valence-electron chi connectivity index (χ4n) is 3.95. The summed E-state index contributed by atoms with van der Waals surface area (Å²) in [5.41, 5.74) is 0.913. The number of benzene rings is 4. The van der Waals surface area contributed by atoms with Crippen LogP contribution < -0.4 is 11.2 Å². The molecule has 0 saturated carbocycles. The normalized spacial score (nSPS) is 11.8. The topological polar surface area (TPSA) is 44.0 Å². The molecule has 5 rings (SSSR count). The Bertz CT molecular complexity index is 1420. The fourth-order valence-corrected chi connectivity index (χ4v) is 3.95. The largest absolute Gasteiger partial charge is 0.330 e. The summed E-state index contributed by atoms with van der Waals surface area (Å²) >= 11 is 0. The lowest BCUT2D eigenvalue weighted by molar-refractivity contribution is 0.692. The minimum Gasteiger partial charge on any atom is -0.296 e. The van der Waals surface area contributed by atoms with E-state index in [1.165, 1.54) is 39.2 Å². The molecule has 4 nitrogen and oxygen atoms in total. The highest BCUT2D eigenvalue weighted by atomic mass is 16.2. The van der Waals surface area contributed by atoms with Crippen LogP contribution in [0.25, 0.3) is 43.6 Å². The second-order valence-electron chi connectivity index (χ2n) is 6.74. The molecule has 0 fully saturated rings. The molecule has 4 heteroatoms. The SMILES string of the molecule is Cn1c(-c2ccc3ccc4cccc5ccc2c3c45)cc(=O)n(C)c1=O. The summed E-state index contributed by atoms with van der Waals surface area (Å²) in [6.45, 7) is 0. The Morgan fingerprint density at radius 1 is 0.692 bits per heavy atom. The van der Waals surface area contributed by atoms with E-state index in [1.807, 2.05) is 6.07 Å². The monoisotopic (exact) mass is 340 g/mol. The third kappa shape index (κ3) is 1.84. The van der Waals surface area contributed by atoms with Gasteiger partial charge in [-0.15, -0.1) is 0 Å². The lowest BCUT2D eigenvalue weighted by Gasteiger charge is -2.16. The number of hydrogen-bond donors (Lipinski definition) is 0. The Balaban J connectivity index is 2.00. The molecule has 0 atom stereocenters. The van der Waals surface area contributed by atoms with Gasteiger partial charge in [0.1, 0.15) is 0 Å². The maximum absolute atomic E-state index is 12.4. The number of nitrogens with zero attached hydrogens (tertiary/aromatic N) is 2. The summed E-state index contributed by atoms with van der Waals surface area (Å²) in [5.74, 6) is 0. The molecule has 4 aromatic carbocycles. The average Bonchev–Trinajstić information content (AvgIpc) is 2.67. The minimum atomic E-state index is -0.321. The molecule has 0 bridgehead atoms. The van der Waals surface area contributed by atoms with Crippen molar-refractivity contribution in [2.24, 2.45) is 14.1 Å². The van der Waals surface area contributed by atoms with Crippen molar-refractivity contribution in [3.8, 4) is 11.3 Å². The summed E-state index contributed by atoms with van der Waals surface area (Å²) in [4.78, 5) is 24.6. The summed E-state index contributed by atoms with van der Waals surface area (Å²) in [7, 11) is 3.20. The Morgan fingerprint density at radius 3 is 2.04 bits per heavy atom. The van der Waals surface area contributed by atoms with Crippen LogP contribution in [0.4, 0.5) is 0 Å². The van der Waals surface area contributed by atoms with E-state index in [2.05, 4.69) is 48.5 Å². The Morgan fingerprint density at radius 2 is 1.31 bits per heavy atom. The zero-order valence-corrected chi connectivity index (χ0v) is 14.5. The number of aromatic nitrogens is 2. The van der Waals surface area contributed by atoms with Crippen molar-refractivity contribution >= 4 is 32.3 Å². The summed E-state index contributed by atoms with van der Waals surface area (Å²) in [6, 6.07) is 20.3. The summed E-state index contributed by atoms with van der Waals surface area (Å²) in [5, 5.41) is 6.98. The van der Waals surface area contributed by atoms with Crippen LogP contribution in [0, 0.1) is 0 Å². The lowest BCUT2D eigenvalue weighted by Crippen LogP contribution is -2.37. The molecule has 126 valence electrons. The third-order valence-corrected chi connectivity index (χ3v) is 5.33. The average molecular weight is 340 g/mol. The second-order valence-corrected chi connectivity index (χ2v) is 6.74.